The molecule has 1 aliphatic heterocycles. The van der Waals surface area contributed by atoms with Crippen LogP contribution >= 0.6 is 0 Å². The molecule has 0 saturated carbocycles. The largest absolute Gasteiger partial charge is 0.304 e. The molecule has 1 atom stereocenters. The van der Waals surface area contributed by atoms with Crippen LogP contribution in [0.4, 0.5) is 0 Å². The van der Waals surface area contributed by atoms with Crippen LogP contribution in [0, 0.1) is 0 Å². The summed E-state index contributed by atoms with van der Waals surface area (Å²) in [6.07, 6.45) is 3.33. The van der Waals surface area contributed by atoms with Crippen LogP contribution in [0.5, 0.6) is 0 Å². The van der Waals surface area contributed by atoms with E-state index >= 15 is 0 Å². The molecule has 0 aromatic carbocycles. The van der Waals surface area contributed by atoms with Gasteiger partial charge in [0.15, 0.2) is 0 Å². The molecule has 23 heavy (non-hydrogen) atoms. The second kappa shape index (κ2) is 7.65. The van der Waals surface area contributed by atoms with Gasteiger partial charge in [0, 0.05) is 32.4 Å². The molecule has 2 rings (SSSR count). The van der Waals surface area contributed by atoms with Gasteiger partial charge in [0.1, 0.15) is 5.82 Å². The van der Waals surface area contributed by atoms with E-state index in [0.717, 1.165) is 18.5 Å². The van der Waals surface area contributed by atoms with Crippen LogP contribution in [0.1, 0.15) is 44.2 Å². The van der Waals surface area contributed by atoms with Crippen LogP contribution in [0.3, 0.4) is 0 Å². The van der Waals surface area contributed by atoms with E-state index in [1.165, 1.54) is 4.31 Å². The molecule has 0 bridgehead atoms. The molecule has 7 nitrogen and oxygen atoms in total. The third-order valence-corrected chi connectivity index (χ3v) is 6.24. The van der Waals surface area contributed by atoms with E-state index in [9.17, 15) is 8.42 Å². The van der Waals surface area contributed by atoms with E-state index < -0.39 is 10.2 Å². The predicted octanol–water partition coefficient (Wildman–Crippen LogP) is 1.26. The summed E-state index contributed by atoms with van der Waals surface area (Å²) >= 11 is 0. The second-order valence-corrected chi connectivity index (χ2v) is 7.89. The van der Waals surface area contributed by atoms with Gasteiger partial charge in [-0.15, -0.1) is 0 Å². The zero-order chi connectivity index (χ0) is 17.0. The van der Waals surface area contributed by atoms with E-state index in [-0.39, 0.29) is 6.04 Å². The molecule has 0 radical (unpaired) electrons. The molecule has 0 aliphatic carbocycles. The molecule has 0 N–H and O–H groups in total. The Morgan fingerprint density at radius 3 is 2.61 bits per heavy atom. The molecule has 1 saturated heterocycles. The van der Waals surface area contributed by atoms with E-state index in [4.69, 9.17) is 0 Å². The Balaban J connectivity index is 2.28. The maximum atomic E-state index is 12.8. The summed E-state index contributed by atoms with van der Waals surface area (Å²) in [7, 11) is 0.503. The average molecular weight is 341 g/mol. The summed E-state index contributed by atoms with van der Waals surface area (Å²) in [4.78, 5) is 11.0. The van der Waals surface area contributed by atoms with Crippen LogP contribution in [-0.2, 0) is 16.8 Å². The molecule has 0 unspecified atom stereocenters. The van der Waals surface area contributed by atoms with E-state index in [0.29, 0.717) is 32.0 Å². The van der Waals surface area contributed by atoms with Gasteiger partial charge in [-0.05, 0) is 33.0 Å². The second-order valence-electron chi connectivity index (χ2n) is 6.00. The van der Waals surface area contributed by atoms with Gasteiger partial charge >= 0.3 is 0 Å². The van der Waals surface area contributed by atoms with Gasteiger partial charge in [-0.3, -0.25) is 0 Å². The summed E-state index contributed by atoms with van der Waals surface area (Å²) in [5.41, 5.74) is 0.909. The van der Waals surface area contributed by atoms with Crippen molar-refractivity contribution in [2.45, 2.75) is 39.3 Å². The molecular weight excluding hydrogens is 314 g/mol. The SMILES string of the molecule is CCN(CC)S(=O)(=O)N1CCC[C@@H]1c1nccc(CN(C)C)n1. The zero-order valence-corrected chi connectivity index (χ0v) is 15.3. The number of aromatic nitrogens is 2. The molecule has 0 amide bonds. The number of rotatable bonds is 7. The van der Waals surface area contributed by atoms with Crippen molar-refractivity contribution in [3.8, 4) is 0 Å². The maximum absolute atomic E-state index is 12.8. The van der Waals surface area contributed by atoms with Crippen molar-refractivity contribution in [1.29, 1.82) is 0 Å². The van der Waals surface area contributed by atoms with Crippen molar-refractivity contribution in [2.24, 2.45) is 0 Å². The molecule has 0 spiro atoms. The Hall–Kier alpha value is -1.09. The Labute approximate surface area is 139 Å². The van der Waals surface area contributed by atoms with Gasteiger partial charge in [-0.2, -0.15) is 17.0 Å². The summed E-state index contributed by atoms with van der Waals surface area (Å²) in [6, 6.07) is 1.62. The van der Waals surface area contributed by atoms with E-state index in [1.807, 2.05) is 38.9 Å². The minimum absolute atomic E-state index is 0.261. The van der Waals surface area contributed by atoms with Crippen molar-refractivity contribution in [2.75, 3.05) is 33.7 Å². The monoisotopic (exact) mass is 341 g/mol. The normalized spacial score (nSPS) is 19.8. The Kier molecular flexibility index (Phi) is 6.07. The molecular formula is C15H27N5O2S. The van der Waals surface area contributed by atoms with E-state index in [1.54, 1.807) is 10.5 Å². The fourth-order valence-electron chi connectivity index (χ4n) is 2.96. The van der Waals surface area contributed by atoms with Gasteiger partial charge in [-0.1, -0.05) is 13.8 Å². The fourth-order valence-corrected chi connectivity index (χ4v) is 4.79. The first-order chi connectivity index (χ1) is 10.9. The van der Waals surface area contributed by atoms with Gasteiger partial charge in [0.25, 0.3) is 10.2 Å². The highest BCUT2D eigenvalue weighted by atomic mass is 32.2. The lowest BCUT2D eigenvalue weighted by molar-refractivity contribution is 0.329. The van der Waals surface area contributed by atoms with Gasteiger partial charge < -0.3 is 4.90 Å². The van der Waals surface area contributed by atoms with Crippen LogP contribution in [-0.4, -0.2) is 65.6 Å². The predicted molar refractivity (Wildman–Crippen MR) is 89.9 cm³/mol. The highest BCUT2D eigenvalue weighted by Gasteiger charge is 2.39. The van der Waals surface area contributed by atoms with Crippen molar-refractivity contribution >= 4 is 10.2 Å². The van der Waals surface area contributed by atoms with Crippen molar-refractivity contribution in [1.82, 2.24) is 23.5 Å². The fraction of sp³-hybridized carbons (Fsp3) is 0.733. The summed E-state index contributed by atoms with van der Waals surface area (Å²) in [5, 5.41) is 0. The number of hydrogen-bond acceptors (Lipinski definition) is 5. The lowest BCUT2D eigenvalue weighted by Gasteiger charge is -2.29. The highest BCUT2D eigenvalue weighted by molar-refractivity contribution is 7.86. The molecule has 8 heteroatoms. The van der Waals surface area contributed by atoms with Gasteiger partial charge in [0.05, 0.1) is 11.7 Å². The van der Waals surface area contributed by atoms with Crippen LogP contribution < -0.4 is 0 Å². The number of nitrogens with zero attached hydrogens (tertiary/aromatic N) is 5. The smallest absolute Gasteiger partial charge is 0.282 e. The summed E-state index contributed by atoms with van der Waals surface area (Å²) < 4.78 is 28.7. The molecule has 2 heterocycles. The minimum atomic E-state index is -3.46. The average Bonchev–Trinajstić information content (AvgIpc) is 2.98. The lowest BCUT2D eigenvalue weighted by Crippen LogP contribution is -2.43. The van der Waals surface area contributed by atoms with Crippen molar-refractivity contribution < 1.29 is 8.42 Å². The van der Waals surface area contributed by atoms with Crippen LogP contribution in [0.15, 0.2) is 12.3 Å². The Morgan fingerprint density at radius 2 is 2.00 bits per heavy atom. The van der Waals surface area contributed by atoms with Gasteiger partial charge in [-0.25, -0.2) is 9.97 Å². The molecule has 1 aromatic rings. The summed E-state index contributed by atoms with van der Waals surface area (Å²) in [5.74, 6) is 0.609. The summed E-state index contributed by atoms with van der Waals surface area (Å²) in [6.45, 7) is 5.92. The Bertz CT molecular complexity index is 616. The Morgan fingerprint density at radius 1 is 1.30 bits per heavy atom. The topological polar surface area (TPSA) is 69.6 Å². The highest BCUT2D eigenvalue weighted by Crippen LogP contribution is 2.33. The molecule has 1 fully saturated rings. The van der Waals surface area contributed by atoms with Crippen LogP contribution in [0.25, 0.3) is 0 Å². The zero-order valence-electron chi connectivity index (χ0n) is 14.4. The first-order valence-electron chi connectivity index (χ1n) is 8.13. The lowest BCUT2D eigenvalue weighted by atomic mass is 10.2. The minimum Gasteiger partial charge on any atom is -0.304 e. The molecule has 130 valence electrons. The van der Waals surface area contributed by atoms with Gasteiger partial charge in [0.2, 0.25) is 0 Å². The number of hydrogen-bond donors (Lipinski definition) is 0. The third-order valence-electron chi connectivity index (χ3n) is 4.04. The van der Waals surface area contributed by atoms with E-state index in [2.05, 4.69) is 9.97 Å². The first kappa shape index (κ1) is 18.3. The quantitative estimate of drug-likeness (QED) is 0.747. The third kappa shape index (κ3) is 4.06. The molecule has 1 aliphatic rings. The maximum Gasteiger partial charge on any atom is 0.282 e. The first-order valence-corrected chi connectivity index (χ1v) is 9.53. The standard InChI is InChI=1S/C15H27N5O2S/c1-5-19(6-2)23(21,22)20-11-7-8-14(20)15-16-10-9-13(17-15)12-18(3)4/h9-10,14H,5-8,11-12H2,1-4H3/t14-/m1/s1. The van der Waals surface area contributed by atoms with Crippen molar-refractivity contribution in [3.63, 3.8) is 0 Å². The molecule has 1 aromatic heterocycles. The van der Waals surface area contributed by atoms with Crippen molar-refractivity contribution in [3.05, 3.63) is 23.8 Å². The van der Waals surface area contributed by atoms with Crippen LogP contribution in [0.2, 0.25) is 0 Å².